The van der Waals surface area contributed by atoms with Crippen LogP contribution in [-0.2, 0) is 10.3 Å². The van der Waals surface area contributed by atoms with Gasteiger partial charge in [-0.1, -0.05) is 30.3 Å². The molecule has 0 aromatic heterocycles. The predicted molar refractivity (Wildman–Crippen MR) is 80.4 cm³/mol. The molecule has 0 spiro atoms. The molecule has 3 heteroatoms. The van der Waals surface area contributed by atoms with Gasteiger partial charge in [0, 0.05) is 10.6 Å². The second-order valence-corrected chi connectivity index (χ2v) is 6.60. The van der Waals surface area contributed by atoms with Gasteiger partial charge in [0.05, 0.1) is 5.60 Å². The molecule has 20 heavy (non-hydrogen) atoms. The van der Waals surface area contributed by atoms with Crippen molar-refractivity contribution in [1.82, 2.24) is 0 Å². The molecule has 3 rings (SSSR count). The lowest BCUT2D eigenvalue weighted by atomic mass is 9.90. The lowest BCUT2D eigenvalue weighted by Crippen LogP contribution is -2.21. The Kier molecular flexibility index (Phi) is 3.35. The van der Waals surface area contributed by atoms with E-state index in [1.807, 2.05) is 30.3 Å². The van der Waals surface area contributed by atoms with Crippen LogP contribution in [0.25, 0.3) is 0 Å². The van der Waals surface area contributed by atoms with Crippen LogP contribution in [0.2, 0.25) is 0 Å². The predicted octanol–water partition coefficient (Wildman–Crippen LogP) is 4.62. The SMILES string of the molecule is CC1(C)OC1(CSc1ccccc1)c1ccc(F)cc1. The number of benzene rings is 2. The first-order valence-corrected chi connectivity index (χ1v) is 7.66. The van der Waals surface area contributed by atoms with Crippen molar-refractivity contribution in [1.29, 1.82) is 0 Å². The third kappa shape index (κ3) is 2.36. The molecule has 104 valence electrons. The van der Waals surface area contributed by atoms with Crippen molar-refractivity contribution in [3.63, 3.8) is 0 Å². The van der Waals surface area contributed by atoms with E-state index < -0.39 is 0 Å². The van der Waals surface area contributed by atoms with Gasteiger partial charge < -0.3 is 4.74 Å². The molecule has 0 saturated carbocycles. The van der Waals surface area contributed by atoms with Gasteiger partial charge in [-0.15, -0.1) is 11.8 Å². The summed E-state index contributed by atoms with van der Waals surface area (Å²) in [6, 6.07) is 16.9. The molecule has 2 aromatic rings. The molecule has 0 radical (unpaired) electrons. The van der Waals surface area contributed by atoms with Crippen LogP contribution in [0, 0.1) is 5.82 Å². The number of hydrogen-bond acceptors (Lipinski definition) is 2. The van der Waals surface area contributed by atoms with Gasteiger partial charge in [0.15, 0.2) is 0 Å². The van der Waals surface area contributed by atoms with Crippen molar-refractivity contribution in [3.8, 4) is 0 Å². The average Bonchev–Trinajstić information content (AvgIpc) is 3.02. The molecular formula is C17H17FOS. The maximum atomic E-state index is 13.1. The normalized spacial score (nSPS) is 23.6. The summed E-state index contributed by atoms with van der Waals surface area (Å²) in [7, 11) is 0. The van der Waals surface area contributed by atoms with Crippen LogP contribution < -0.4 is 0 Å². The number of halogens is 1. The number of ether oxygens (including phenoxy) is 1. The summed E-state index contributed by atoms with van der Waals surface area (Å²) in [4.78, 5) is 1.22. The van der Waals surface area contributed by atoms with E-state index in [0.717, 1.165) is 11.3 Å². The zero-order valence-electron chi connectivity index (χ0n) is 11.6. The van der Waals surface area contributed by atoms with E-state index in [1.54, 1.807) is 11.8 Å². The molecule has 1 unspecified atom stereocenters. The number of thioether (sulfide) groups is 1. The molecule has 1 atom stereocenters. The minimum atomic E-state index is -0.318. The largest absolute Gasteiger partial charge is 0.357 e. The standard InChI is InChI=1S/C17H17FOS/c1-16(2)17(19-16,13-8-10-14(18)11-9-13)12-20-15-6-4-3-5-7-15/h3-11H,12H2,1-2H3. The van der Waals surface area contributed by atoms with Crippen LogP contribution in [0.3, 0.4) is 0 Å². The van der Waals surface area contributed by atoms with Crippen LogP contribution in [0.1, 0.15) is 19.4 Å². The van der Waals surface area contributed by atoms with Gasteiger partial charge >= 0.3 is 0 Å². The number of hydrogen-bond donors (Lipinski definition) is 0. The Labute approximate surface area is 123 Å². The summed E-state index contributed by atoms with van der Waals surface area (Å²) in [5.41, 5.74) is 0.528. The molecule has 0 amide bonds. The Hall–Kier alpha value is -1.32. The molecule has 0 N–H and O–H groups in total. The Bertz CT molecular complexity index is 594. The second-order valence-electron chi connectivity index (χ2n) is 5.55. The summed E-state index contributed by atoms with van der Waals surface area (Å²) < 4.78 is 19.1. The fraction of sp³-hybridized carbons (Fsp3) is 0.294. The molecule has 0 aliphatic carbocycles. The van der Waals surface area contributed by atoms with E-state index in [2.05, 4.69) is 26.0 Å². The van der Waals surface area contributed by atoms with Gasteiger partial charge in [-0.05, 0) is 43.7 Å². The highest BCUT2D eigenvalue weighted by Crippen LogP contribution is 2.57. The molecule has 1 aliphatic rings. The van der Waals surface area contributed by atoms with Crippen molar-refractivity contribution in [2.75, 3.05) is 5.75 Å². The Morgan fingerprint density at radius 3 is 2.15 bits per heavy atom. The molecule has 1 aliphatic heterocycles. The van der Waals surface area contributed by atoms with Crippen LogP contribution >= 0.6 is 11.8 Å². The van der Waals surface area contributed by atoms with Crippen LogP contribution in [-0.4, -0.2) is 11.4 Å². The van der Waals surface area contributed by atoms with Crippen molar-refractivity contribution in [2.45, 2.75) is 29.9 Å². The van der Waals surface area contributed by atoms with E-state index in [4.69, 9.17) is 4.74 Å². The smallest absolute Gasteiger partial charge is 0.132 e. The Balaban J connectivity index is 1.81. The van der Waals surface area contributed by atoms with Gasteiger partial charge in [-0.25, -0.2) is 4.39 Å². The van der Waals surface area contributed by atoms with E-state index in [0.29, 0.717) is 0 Å². The molecule has 1 fully saturated rings. The lowest BCUT2D eigenvalue weighted by molar-refractivity contribution is 0.290. The quantitative estimate of drug-likeness (QED) is 0.601. The van der Waals surface area contributed by atoms with E-state index >= 15 is 0 Å². The first-order valence-electron chi connectivity index (χ1n) is 6.68. The molecule has 2 aromatic carbocycles. The van der Waals surface area contributed by atoms with Crippen LogP contribution in [0.5, 0.6) is 0 Å². The van der Waals surface area contributed by atoms with Gasteiger partial charge in [-0.3, -0.25) is 0 Å². The van der Waals surface area contributed by atoms with Crippen molar-refractivity contribution >= 4 is 11.8 Å². The Morgan fingerprint density at radius 2 is 1.60 bits per heavy atom. The molecule has 1 heterocycles. The fourth-order valence-electron chi connectivity index (χ4n) is 2.52. The summed E-state index contributed by atoms with van der Waals surface area (Å²) in [5, 5.41) is 0. The summed E-state index contributed by atoms with van der Waals surface area (Å²) >= 11 is 1.77. The highest BCUT2D eigenvalue weighted by atomic mass is 32.2. The summed E-state index contributed by atoms with van der Waals surface area (Å²) in [5.74, 6) is 0.619. The van der Waals surface area contributed by atoms with Crippen molar-refractivity contribution in [2.24, 2.45) is 0 Å². The van der Waals surface area contributed by atoms with E-state index in [1.165, 1.54) is 17.0 Å². The Morgan fingerprint density at radius 1 is 1.00 bits per heavy atom. The summed E-state index contributed by atoms with van der Waals surface area (Å²) in [6.45, 7) is 4.17. The average molecular weight is 288 g/mol. The zero-order chi connectivity index (χ0) is 14.2. The van der Waals surface area contributed by atoms with Crippen LogP contribution in [0.15, 0.2) is 59.5 Å². The molecule has 1 saturated heterocycles. The van der Waals surface area contributed by atoms with E-state index in [9.17, 15) is 4.39 Å². The minimum Gasteiger partial charge on any atom is -0.357 e. The third-order valence-electron chi connectivity index (χ3n) is 3.86. The summed E-state index contributed by atoms with van der Waals surface area (Å²) in [6.07, 6.45) is 0. The van der Waals surface area contributed by atoms with E-state index in [-0.39, 0.29) is 17.0 Å². The first-order chi connectivity index (χ1) is 9.53. The van der Waals surface area contributed by atoms with Gasteiger partial charge in [-0.2, -0.15) is 0 Å². The lowest BCUT2D eigenvalue weighted by Gasteiger charge is -2.15. The second kappa shape index (κ2) is 4.90. The van der Waals surface area contributed by atoms with Crippen molar-refractivity contribution in [3.05, 3.63) is 66.0 Å². The molecule has 1 nitrogen and oxygen atoms in total. The third-order valence-corrected chi connectivity index (χ3v) is 5.01. The van der Waals surface area contributed by atoms with Gasteiger partial charge in [0.2, 0.25) is 0 Å². The van der Waals surface area contributed by atoms with Crippen LogP contribution in [0.4, 0.5) is 4.39 Å². The number of epoxide rings is 1. The topological polar surface area (TPSA) is 12.5 Å². The number of rotatable bonds is 4. The zero-order valence-corrected chi connectivity index (χ0v) is 12.4. The first kappa shape index (κ1) is 13.7. The fourth-order valence-corrected chi connectivity index (χ4v) is 3.82. The van der Waals surface area contributed by atoms with Gasteiger partial charge in [0.1, 0.15) is 11.4 Å². The molecule has 0 bridgehead atoms. The maximum absolute atomic E-state index is 13.1. The minimum absolute atomic E-state index is 0.202. The monoisotopic (exact) mass is 288 g/mol. The van der Waals surface area contributed by atoms with Gasteiger partial charge in [0.25, 0.3) is 0 Å². The molecular weight excluding hydrogens is 271 g/mol. The maximum Gasteiger partial charge on any atom is 0.132 e. The highest BCUT2D eigenvalue weighted by molar-refractivity contribution is 7.99. The van der Waals surface area contributed by atoms with Crippen molar-refractivity contribution < 1.29 is 9.13 Å². The highest BCUT2D eigenvalue weighted by Gasteiger charge is 2.64.